The van der Waals surface area contributed by atoms with Crippen molar-refractivity contribution in [3.8, 4) is 0 Å². The number of carbonyl (C=O) groups is 3. The van der Waals surface area contributed by atoms with Crippen LogP contribution in [0.3, 0.4) is 0 Å². The van der Waals surface area contributed by atoms with Gasteiger partial charge in [0, 0.05) is 48.6 Å². The zero-order valence-electron chi connectivity index (χ0n) is 17.7. The Morgan fingerprint density at radius 1 is 0.909 bits per heavy atom. The van der Waals surface area contributed by atoms with Crippen molar-refractivity contribution in [3.63, 3.8) is 0 Å². The van der Waals surface area contributed by atoms with E-state index in [1.807, 2.05) is 12.1 Å². The average molecular weight is 446 g/mol. The van der Waals surface area contributed by atoms with Gasteiger partial charge in [0.1, 0.15) is 5.69 Å². The highest BCUT2D eigenvalue weighted by atomic mass is 16.6. The van der Waals surface area contributed by atoms with Gasteiger partial charge in [0.2, 0.25) is 5.91 Å². The first-order valence-electron chi connectivity index (χ1n) is 10.6. The molecule has 9 heteroatoms. The SMILES string of the molecule is O=C(CCCN1C(=O)c2cccc3cccc(c23)C1=O)NCCNc1ccccc1[N+](=O)[O-]. The number of nitrogens with one attached hydrogen (secondary N) is 2. The molecule has 3 amide bonds. The van der Waals surface area contributed by atoms with Crippen LogP contribution in [-0.4, -0.2) is 47.2 Å². The number of nitro benzene ring substituents is 1. The van der Waals surface area contributed by atoms with Gasteiger partial charge in [0.05, 0.1) is 4.92 Å². The molecule has 0 saturated heterocycles. The number of benzene rings is 3. The normalized spacial score (nSPS) is 12.7. The summed E-state index contributed by atoms with van der Waals surface area (Å²) in [5, 5.41) is 18.2. The number of carbonyl (C=O) groups excluding carboxylic acids is 3. The molecule has 1 aliphatic rings. The van der Waals surface area contributed by atoms with Crippen LogP contribution in [0, 0.1) is 10.1 Å². The molecule has 0 fully saturated rings. The number of nitrogens with zero attached hydrogens (tertiary/aromatic N) is 2. The molecule has 0 atom stereocenters. The van der Waals surface area contributed by atoms with E-state index in [1.165, 1.54) is 11.0 Å². The fourth-order valence-electron chi connectivity index (χ4n) is 3.95. The number of nitro groups is 1. The molecule has 1 heterocycles. The summed E-state index contributed by atoms with van der Waals surface area (Å²) in [5.74, 6) is -0.921. The van der Waals surface area contributed by atoms with E-state index < -0.39 is 4.92 Å². The number of anilines is 1. The molecule has 0 saturated carbocycles. The summed E-state index contributed by atoms with van der Waals surface area (Å²) in [4.78, 5) is 49.6. The first-order valence-corrected chi connectivity index (χ1v) is 10.6. The third kappa shape index (κ3) is 4.52. The number of hydrogen-bond donors (Lipinski definition) is 2. The van der Waals surface area contributed by atoms with Gasteiger partial charge in [0.15, 0.2) is 0 Å². The maximum atomic E-state index is 12.9. The predicted octanol–water partition coefficient (Wildman–Crippen LogP) is 3.35. The maximum Gasteiger partial charge on any atom is 0.292 e. The zero-order chi connectivity index (χ0) is 23.4. The molecule has 0 aromatic heterocycles. The molecule has 3 aromatic carbocycles. The van der Waals surface area contributed by atoms with Crippen LogP contribution in [-0.2, 0) is 4.79 Å². The van der Waals surface area contributed by atoms with Crippen LogP contribution in [0.5, 0.6) is 0 Å². The van der Waals surface area contributed by atoms with Gasteiger partial charge >= 0.3 is 0 Å². The van der Waals surface area contributed by atoms with Crippen molar-refractivity contribution in [2.75, 3.05) is 25.0 Å². The Morgan fingerprint density at radius 2 is 1.58 bits per heavy atom. The Hall–Kier alpha value is -4.27. The topological polar surface area (TPSA) is 122 Å². The second-order valence-corrected chi connectivity index (χ2v) is 7.63. The molecule has 0 bridgehead atoms. The number of rotatable bonds is 9. The van der Waals surface area contributed by atoms with E-state index in [4.69, 9.17) is 0 Å². The molecule has 1 aliphatic heterocycles. The maximum absolute atomic E-state index is 12.9. The van der Waals surface area contributed by atoms with E-state index in [2.05, 4.69) is 10.6 Å². The molecular formula is C24H22N4O5. The van der Waals surface area contributed by atoms with Gasteiger partial charge in [-0.1, -0.05) is 36.4 Å². The minimum Gasteiger partial charge on any atom is -0.378 e. The van der Waals surface area contributed by atoms with E-state index in [9.17, 15) is 24.5 Å². The van der Waals surface area contributed by atoms with Gasteiger partial charge in [-0.2, -0.15) is 0 Å². The van der Waals surface area contributed by atoms with Crippen molar-refractivity contribution >= 4 is 39.9 Å². The van der Waals surface area contributed by atoms with E-state index >= 15 is 0 Å². The summed E-state index contributed by atoms with van der Waals surface area (Å²) < 4.78 is 0. The standard InChI is InChI=1S/C24H22N4O5/c29-21(26-14-13-25-19-10-1-2-11-20(19)28(32)33)12-5-15-27-23(30)17-8-3-6-16-7-4-9-18(22(16)17)24(27)31/h1-4,6-11,25H,5,12-15H2,(H,26,29). The highest BCUT2D eigenvalue weighted by molar-refractivity contribution is 6.25. The number of amides is 3. The molecule has 4 rings (SSSR count). The van der Waals surface area contributed by atoms with Crippen LogP contribution in [0.15, 0.2) is 60.7 Å². The van der Waals surface area contributed by atoms with Crippen molar-refractivity contribution in [2.45, 2.75) is 12.8 Å². The number of hydrogen-bond acceptors (Lipinski definition) is 6. The lowest BCUT2D eigenvalue weighted by molar-refractivity contribution is -0.384. The lowest BCUT2D eigenvalue weighted by Crippen LogP contribution is -2.41. The number of para-hydroxylation sites is 2. The molecule has 0 aliphatic carbocycles. The summed E-state index contributed by atoms with van der Waals surface area (Å²) in [7, 11) is 0. The lowest BCUT2D eigenvalue weighted by Gasteiger charge is -2.27. The monoisotopic (exact) mass is 446 g/mol. The van der Waals surface area contributed by atoms with Gasteiger partial charge in [-0.15, -0.1) is 0 Å². The van der Waals surface area contributed by atoms with Crippen molar-refractivity contribution in [1.82, 2.24) is 10.2 Å². The van der Waals surface area contributed by atoms with Gasteiger partial charge < -0.3 is 10.6 Å². The van der Waals surface area contributed by atoms with Gasteiger partial charge in [-0.25, -0.2) is 0 Å². The predicted molar refractivity (Wildman–Crippen MR) is 123 cm³/mol. The quantitative estimate of drug-likeness (QED) is 0.225. The van der Waals surface area contributed by atoms with E-state index in [0.717, 1.165) is 5.39 Å². The lowest BCUT2D eigenvalue weighted by atomic mass is 9.94. The first-order chi connectivity index (χ1) is 16.0. The van der Waals surface area contributed by atoms with E-state index in [1.54, 1.807) is 42.5 Å². The Balaban J connectivity index is 1.26. The van der Waals surface area contributed by atoms with Gasteiger partial charge in [0.25, 0.3) is 17.5 Å². The summed E-state index contributed by atoms with van der Waals surface area (Å²) in [6.07, 6.45) is 0.480. The van der Waals surface area contributed by atoms with Crippen LogP contribution in [0.1, 0.15) is 33.6 Å². The summed E-state index contributed by atoms with van der Waals surface area (Å²) in [5.41, 5.74) is 1.34. The fourth-order valence-corrected chi connectivity index (χ4v) is 3.95. The second kappa shape index (κ2) is 9.47. The van der Waals surface area contributed by atoms with E-state index in [-0.39, 0.29) is 42.9 Å². The third-order valence-electron chi connectivity index (χ3n) is 5.50. The molecule has 0 unspecified atom stereocenters. The molecule has 0 spiro atoms. The fraction of sp³-hybridized carbons (Fsp3) is 0.208. The van der Waals surface area contributed by atoms with Crippen LogP contribution in [0.2, 0.25) is 0 Å². The Bertz CT molecular complexity index is 1210. The van der Waals surface area contributed by atoms with Crippen LogP contribution in [0.25, 0.3) is 10.8 Å². The Kier molecular flexibility index (Phi) is 6.30. The minimum atomic E-state index is -0.469. The number of imide groups is 1. The second-order valence-electron chi connectivity index (χ2n) is 7.63. The molecule has 9 nitrogen and oxygen atoms in total. The largest absolute Gasteiger partial charge is 0.378 e. The highest BCUT2D eigenvalue weighted by Gasteiger charge is 2.32. The molecule has 3 aromatic rings. The smallest absolute Gasteiger partial charge is 0.292 e. The third-order valence-corrected chi connectivity index (χ3v) is 5.50. The van der Waals surface area contributed by atoms with Crippen LogP contribution >= 0.6 is 0 Å². The highest BCUT2D eigenvalue weighted by Crippen LogP contribution is 2.30. The Morgan fingerprint density at radius 3 is 2.24 bits per heavy atom. The molecule has 168 valence electrons. The van der Waals surface area contributed by atoms with Gasteiger partial charge in [-0.3, -0.25) is 29.4 Å². The molecule has 33 heavy (non-hydrogen) atoms. The minimum absolute atomic E-state index is 0.0306. The first kappa shape index (κ1) is 21.9. The van der Waals surface area contributed by atoms with Crippen LogP contribution in [0.4, 0.5) is 11.4 Å². The Labute approximate surface area is 189 Å². The summed E-state index contributed by atoms with van der Waals surface area (Å²) >= 11 is 0. The average Bonchev–Trinajstić information content (AvgIpc) is 2.82. The summed E-state index contributed by atoms with van der Waals surface area (Å²) in [6, 6.07) is 17.0. The zero-order valence-corrected chi connectivity index (χ0v) is 17.7. The molecule has 0 radical (unpaired) electrons. The summed E-state index contributed by atoms with van der Waals surface area (Å²) in [6.45, 7) is 0.743. The van der Waals surface area contributed by atoms with Crippen molar-refractivity contribution in [1.29, 1.82) is 0 Å². The van der Waals surface area contributed by atoms with Crippen molar-refractivity contribution in [2.24, 2.45) is 0 Å². The van der Waals surface area contributed by atoms with Crippen molar-refractivity contribution < 1.29 is 19.3 Å². The molecule has 2 N–H and O–H groups in total. The van der Waals surface area contributed by atoms with Crippen LogP contribution < -0.4 is 10.6 Å². The molecular weight excluding hydrogens is 424 g/mol. The van der Waals surface area contributed by atoms with E-state index in [0.29, 0.717) is 35.2 Å². The van der Waals surface area contributed by atoms with Crippen molar-refractivity contribution in [3.05, 3.63) is 81.9 Å². The van der Waals surface area contributed by atoms with Gasteiger partial charge in [-0.05, 0) is 30.0 Å².